The zero-order valence-corrected chi connectivity index (χ0v) is 15.2. The van der Waals surface area contributed by atoms with Crippen LogP contribution in [0, 0.1) is 0 Å². The fourth-order valence-corrected chi connectivity index (χ4v) is 2.17. The molecule has 0 aliphatic rings. The lowest BCUT2D eigenvalue weighted by atomic mass is 10.1. The second-order valence-electron chi connectivity index (χ2n) is 5.69. The van der Waals surface area contributed by atoms with E-state index < -0.39 is 29.7 Å². The number of alkyl halides is 3. The van der Waals surface area contributed by atoms with E-state index in [-0.39, 0.29) is 5.56 Å². The number of halogens is 3. The Bertz CT molecular complexity index is 823. The Kier molecular flexibility index (Phi) is 6.86. The molecule has 0 saturated heterocycles. The minimum atomic E-state index is -4.57. The summed E-state index contributed by atoms with van der Waals surface area (Å²) in [5, 5.41) is 0. The molecule has 0 aliphatic carbocycles. The number of carbonyl (C=O) groups is 2. The van der Waals surface area contributed by atoms with Gasteiger partial charge in [-0.3, -0.25) is 20.4 Å². The van der Waals surface area contributed by atoms with Crippen LogP contribution in [0.4, 0.5) is 13.2 Å². The highest BCUT2D eigenvalue weighted by Gasteiger charge is 2.31. The highest BCUT2D eigenvalue weighted by atomic mass is 19.4. The summed E-state index contributed by atoms with van der Waals surface area (Å²) in [4.78, 5) is 24.0. The van der Waals surface area contributed by atoms with Gasteiger partial charge in [-0.2, -0.15) is 13.2 Å². The van der Waals surface area contributed by atoms with Gasteiger partial charge in [-0.05, 0) is 56.3 Å². The summed E-state index contributed by atoms with van der Waals surface area (Å²) in [7, 11) is 0. The van der Waals surface area contributed by atoms with Gasteiger partial charge in [0, 0.05) is 5.56 Å². The van der Waals surface area contributed by atoms with Crippen molar-refractivity contribution in [3.8, 4) is 11.5 Å². The molecule has 2 aromatic carbocycles. The lowest BCUT2D eigenvalue weighted by Crippen LogP contribution is -2.47. The maximum atomic E-state index is 12.7. The first-order chi connectivity index (χ1) is 13.2. The summed E-state index contributed by atoms with van der Waals surface area (Å²) < 4.78 is 48.8. The minimum Gasteiger partial charge on any atom is -0.494 e. The quantitative estimate of drug-likeness (QED) is 0.735. The van der Waals surface area contributed by atoms with E-state index in [2.05, 4.69) is 10.9 Å². The number of carbonyl (C=O) groups excluding carboxylic acids is 2. The molecular weight excluding hydrogens is 377 g/mol. The summed E-state index contributed by atoms with van der Waals surface area (Å²) in [6.07, 6.45) is -5.53. The Morgan fingerprint density at radius 1 is 1.04 bits per heavy atom. The normalized spacial score (nSPS) is 12.0. The molecule has 0 heterocycles. The molecule has 0 aromatic heterocycles. The van der Waals surface area contributed by atoms with Gasteiger partial charge in [0.1, 0.15) is 11.5 Å². The van der Waals surface area contributed by atoms with Crippen LogP contribution in [0.5, 0.6) is 11.5 Å². The maximum Gasteiger partial charge on any atom is 0.416 e. The van der Waals surface area contributed by atoms with Crippen molar-refractivity contribution in [2.75, 3.05) is 6.61 Å². The predicted octanol–water partition coefficient (Wildman–Crippen LogP) is 3.33. The zero-order chi connectivity index (χ0) is 20.7. The third-order valence-electron chi connectivity index (χ3n) is 3.57. The second kappa shape index (κ2) is 9.12. The molecule has 0 radical (unpaired) electrons. The average molecular weight is 396 g/mol. The summed E-state index contributed by atoms with van der Waals surface area (Å²) >= 11 is 0. The highest BCUT2D eigenvalue weighted by molar-refractivity contribution is 5.95. The third kappa shape index (κ3) is 5.90. The molecule has 6 nitrogen and oxygen atoms in total. The SMILES string of the molecule is CCOc1ccc(O[C@@H](C)C(=O)NNC(=O)c2cccc(C(F)(F)F)c2)cc1. The average Bonchev–Trinajstić information content (AvgIpc) is 2.67. The molecule has 0 spiro atoms. The van der Waals surface area contributed by atoms with Gasteiger partial charge in [-0.1, -0.05) is 6.07 Å². The number of ether oxygens (including phenoxy) is 2. The molecule has 9 heteroatoms. The van der Waals surface area contributed by atoms with Crippen LogP contribution in [-0.4, -0.2) is 24.5 Å². The van der Waals surface area contributed by atoms with Gasteiger partial charge >= 0.3 is 6.18 Å². The third-order valence-corrected chi connectivity index (χ3v) is 3.57. The number of hydrogen-bond donors (Lipinski definition) is 2. The van der Waals surface area contributed by atoms with Crippen LogP contribution in [0.15, 0.2) is 48.5 Å². The van der Waals surface area contributed by atoms with E-state index in [1.54, 1.807) is 24.3 Å². The lowest BCUT2D eigenvalue weighted by Gasteiger charge is -2.15. The van der Waals surface area contributed by atoms with Crippen LogP contribution in [0.1, 0.15) is 29.8 Å². The molecule has 2 amide bonds. The van der Waals surface area contributed by atoms with Crippen LogP contribution in [0.2, 0.25) is 0 Å². The number of hydrazine groups is 1. The van der Waals surface area contributed by atoms with Gasteiger partial charge in [-0.25, -0.2) is 0 Å². The van der Waals surface area contributed by atoms with Crippen LogP contribution in [0.3, 0.4) is 0 Å². The Labute approximate surface area is 159 Å². The van der Waals surface area contributed by atoms with Crippen molar-refractivity contribution in [2.45, 2.75) is 26.1 Å². The number of amides is 2. The fraction of sp³-hybridized carbons (Fsp3) is 0.263. The van der Waals surface area contributed by atoms with Crippen molar-refractivity contribution in [3.05, 3.63) is 59.7 Å². The largest absolute Gasteiger partial charge is 0.494 e. The van der Waals surface area contributed by atoms with Crippen LogP contribution < -0.4 is 20.3 Å². The molecule has 0 fully saturated rings. The van der Waals surface area contributed by atoms with Crippen LogP contribution in [0.25, 0.3) is 0 Å². The number of benzene rings is 2. The highest BCUT2D eigenvalue weighted by Crippen LogP contribution is 2.29. The molecule has 150 valence electrons. The van der Waals surface area contributed by atoms with Gasteiger partial charge in [0.25, 0.3) is 11.8 Å². The lowest BCUT2D eigenvalue weighted by molar-refractivity contribution is -0.137. The van der Waals surface area contributed by atoms with Crippen molar-refractivity contribution >= 4 is 11.8 Å². The zero-order valence-electron chi connectivity index (χ0n) is 15.2. The van der Waals surface area contributed by atoms with Gasteiger partial charge in [0.2, 0.25) is 0 Å². The maximum absolute atomic E-state index is 12.7. The van der Waals surface area contributed by atoms with Gasteiger partial charge in [0.05, 0.1) is 12.2 Å². The van der Waals surface area contributed by atoms with E-state index in [0.717, 1.165) is 12.1 Å². The van der Waals surface area contributed by atoms with E-state index in [9.17, 15) is 22.8 Å². The van der Waals surface area contributed by atoms with E-state index in [1.165, 1.54) is 13.0 Å². The molecular formula is C19H19F3N2O4. The molecule has 2 N–H and O–H groups in total. The summed E-state index contributed by atoms with van der Waals surface area (Å²) in [6.45, 7) is 3.83. The van der Waals surface area contributed by atoms with Crippen LogP contribution >= 0.6 is 0 Å². The monoisotopic (exact) mass is 396 g/mol. The van der Waals surface area contributed by atoms with Gasteiger partial charge < -0.3 is 9.47 Å². The second-order valence-corrected chi connectivity index (χ2v) is 5.69. The van der Waals surface area contributed by atoms with Crippen molar-refractivity contribution < 1.29 is 32.2 Å². The Balaban J connectivity index is 1.89. The Morgan fingerprint density at radius 3 is 2.29 bits per heavy atom. The van der Waals surface area contributed by atoms with E-state index in [4.69, 9.17) is 9.47 Å². The van der Waals surface area contributed by atoms with E-state index in [0.29, 0.717) is 24.2 Å². The summed E-state index contributed by atoms with van der Waals surface area (Å²) in [5.74, 6) is -0.488. The summed E-state index contributed by atoms with van der Waals surface area (Å²) in [5.41, 5.74) is 2.99. The molecule has 0 unspecified atom stereocenters. The van der Waals surface area contributed by atoms with Crippen molar-refractivity contribution in [1.29, 1.82) is 0 Å². The molecule has 1 atom stereocenters. The predicted molar refractivity (Wildman–Crippen MR) is 94.8 cm³/mol. The first-order valence-corrected chi connectivity index (χ1v) is 8.37. The standard InChI is InChI=1S/C19H19F3N2O4/c1-3-27-15-7-9-16(10-8-15)28-12(2)17(25)23-24-18(26)13-5-4-6-14(11-13)19(20,21)22/h4-12H,3H2,1-2H3,(H,23,25)(H,24,26)/t12-/m0/s1. The molecule has 2 aromatic rings. The first kappa shape index (κ1) is 21.1. The van der Waals surface area contributed by atoms with Gasteiger partial charge in [-0.15, -0.1) is 0 Å². The molecule has 2 rings (SSSR count). The molecule has 0 saturated carbocycles. The Hall–Kier alpha value is -3.23. The van der Waals surface area contributed by atoms with E-state index in [1.807, 2.05) is 6.92 Å². The first-order valence-electron chi connectivity index (χ1n) is 8.37. The number of nitrogens with one attached hydrogen (secondary N) is 2. The molecule has 0 bridgehead atoms. The van der Waals surface area contributed by atoms with E-state index >= 15 is 0 Å². The minimum absolute atomic E-state index is 0.241. The Morgan fingerprint density at radius 2 is 1.68 bits per heavy atom. The van der Waals surface area contributed by atoms with Crippen LogP contribution in [-0.2, 0) is 11.0 Å². The smallest absolute Gasteiger partial charge is 0.416 e. The fourth-order valence-electron chi connectivity index (χ4n) is 2.17. The van der Waals surface area contributed by atoms with Crippen molar-refractivity contribution in [3.63, 3.8) is 0 Å². The summed E-state index contributed by atoms with van der Waals surface area (Å²) in [6, 6.07) is 10.5. The molecule has 0 aliphatic heterocycles. The van der Waals surface area contributed by atoms with Crippen molar-refractivity contribution in [2.24, 2.45) is 0 Å². The topological polar surface area (TPSA) is 76.7 Å². The van der Waals surface area contributed by atoms with Gasteiger partial charge in [0.15, 0.2) is 6.10 Å². The number of rotatable bonds is 6. The number of hydrogen-bond acceptors (Lipinski definition) is 4. The molecule has 28 heavy (non-hydrogen) atoms. The van der Waals surface area contributed by atoms with Crippen molar-refractivity contribution in [1.82, 2.24) is 10.9 Å².